The first-order chi connectivity index (χ1) is 13.7. The highest BCUT2D eigenvalue weighted by Gasteiger charge is 2.57. The second kappa shape index (κ2) is 7.28. The van der Waals surface area contributed by atoms with Gasteiger partial charge in [-0.05, 0) is 36.4 Å². The highest BCUT2D eigenvalue weighted by Crippen LogP contribution is 2.54. The number of halogens is 3. The molecule has 0 fully saturated rings. The molecule has 1 aliphatic heterocycles. The Morgan fingerprint density at radius 3 is 2.41 bits per heavy atom. The maximum Gasteiger partial charge on any atom is 0.416 e. The summed E-state index contributed by atoms with van der Waals surface area (Å²) >= 11 is 0. The molecular weight excluding hydrogens is 379 g/mol. The lowest BCUT2D eigenvalue weighted by molar-refractivity contribution is -0.138. The highest BCUT2D eigenvalue weighted by molar-refractivity contribution is 5.54. The number of fused-ring (bicyclic) bond motifs is 1. The maximum atomic E-state index is 13.8. The van der Waals surface area contributed by atoms with Crippen LogP contribution in [0, 0.1) is 45.3 Å². The minimum absolute atomic E-state index is 0.0749. The molecule has 0 bridgehead atoms. The van der Waals surface area contributed by atoms with Crippen LogP contribution in [0.1, 0.15) is 24.0 Å². The van der Waals surface area contributed by atoms with Gasteiger partial charge in [0.15, 0.2) is 5.41 Å². The van der Waals surface area contributed by atoms with Crippen molar-refractivity contribution in [3.05, 3.63) is 58.8 Å². The van der Waals surface area contributed by atoms with Crippen molar-refractivity contribution in [2.45, 2.75) is 25.1 Å². The molecule has 8 heteroatoms. The van der Waals surface area contributed by atoms with Gasteiger partial charge in [-0.1, -0.05) is 18.2 Å². The Balaban J connectivity index is 2.37. The van der Waals surface area contributed by atoms with Crippen LogP contribution in [-0.4, -0.2) is 24.0 Å². The van der Waals surface area contributed by atoms with Crippen molar-refractivity contribution < 1.29 is 13.2 Å². The minimum Gasteiger partial charge on any atom is -0.377 e. The minimum atomic E-state index is -4.66. The SMILES string of the molecule is CCN1C=CC2=C(C#N)[C@@H](N)C(C#N)(C#N)[C@H](c3ccccc3C(F)(F)F)[C@H]2C1. The molecule has 3 atom stereocenters. The fraction of sp³-hybridized carbons (Fsp3) is 0.381. The molecular formula is C21H18F3N5. The number of nitriles is 3. The third-order valence-electron chi connectivity index (χ3n) is 5.80. The van der Waals surface area contributed by atoms with E-state index in [-0.39, 0.29) is 17.7 Å². The molecule has 0 amide bonds. The Kier molecular flexibility index (Phi) is 5.13. The number of nitrogens with zero attached hydrogens (tertiary/aromatic N) is 4. The Hall–Kier alpha value is -3.28. The van der Waals surface area contributed by atoms with Crippen LogP contribution in [-0.2, 0) is 6.18 Å². The third kappa shape index (κ3) is 3.05. The standard InChI is InChI=1S/C21H18F3N5/c1-2-29-8-7-13-15(9-25)19(28)20(11-26,12-27)18(16(13)10-29)14-5-3-4-6-17(14)21(22,23)24/h3-8,16,18-19H,2,10,28H2,1H3/t16-,18+,19+/m0/s1. The highest BCUT2D eigenvalue weighted by atomic mass is 19.4. The molecule has 0 saturated heterocycles. The van der Waals surface area contributed by atoms with Gasteiger partial charge in [0.2, 0.25) is 0 Å². The van der Waals surface area contributed by atoms with Gasteiger partial charge in [0.25, 0.3) is 0 Å². The largest absolute Gasteiger partial charge is 0.416 e. The monoisotopic (exact) mass is 397 g/mol. The van der Waals surface area contributed by atoms with Crippen LogP contribution in [0.2, 0.25) is 0 Å². The van der Waals surface area contributed by atoms with Crippen LogP contribution in [0.3, 0.4) is 0 Å². The van der Waals surface area contributed by atoms with Crippen molar-refractivity contribution in [2.24, 2.45) is 17.1 Å². The second-order valence-corrected chi connectivity index (χ2v) is 7.12. The Morgan fingerprint density at radius 1 is 1.21 bits per heavy atom. The van der Waals surface area contributed by atoms with Crippen LogP contribution in [0.5, 0.6) is 0 Å². The summed E-state index contributed by atoms with van der Waals surface area (Å²) in [5, 5.41) is 29.6. The Labute approximate surface area is 166 Å². The zero-order valence-corrected chi connectivity index (χ0v) is 15.6. The molecule has 3 rings (SSSR count). The maximum absolute atomic E-state index is 13.8. The molecule has 29 heavy (non-hydrogen) atoms. The van der Waals surface area contributed by atoms with Gasteiger partial charge in [-0.25, -0.2) is 0 Å². The van der Waals surface area contributed by atoms with E-state index in [0.717, 1.165) is 6.07 Å². The van der Waals surface area contributed by atoms with E-state index in [9.17, 15) is 29.0 Å². The summed E-state index contributed by atoms with van der Waals surface area (Å²) in [5.41, 5.74) is 3.71. The summed E-state index contributed by atoms with van der Waals surface area (Å²) in [6, 6.07) is 9.42. The molecule has 148 valence electrons. The summed E-state index contributed by atoms with van der Waals surface area (Å²) in [6.45, 7) is 2.76. The van der Waals surface area contributed by atoms with Gasteiger partial charge in [0, 0.05) is 24.9 Å². The molecule has 1 aromatic rings. The summed E-state index contributed by atoms with van der Waals surface area (Å²) in [5.74, 6) is -1.80. The van der Waals surface area contributed by atoms with E-state index in [1.165, 1.54) is 18.2 Å². The lowest BCUT2D eigenvalue weighted by Crippen LogP contribution is -2.54. The molecule has 0 unspecified atom stereocenters. The first-order valence-electron chi connectivity index (χ1n) is 9.05. The lowest BCUT2D eigenvalue weighted by Gasteiger charge is -2.47. The molecule has 1 heterocycles. The van der Waals surface area contributed by atoms with Crippen LogP contribution in [0.25, 0.3) is 0 Å². The number of hydrogen-bond donors (Lipinski definition) is 1. The van der Waals surface area contributed by atoms with Crippen molar-refractivity contribution in [2.75, 3.05) is 13.1 Å². The second-order valence-electron chi connectivity index (χ2n) is 7.12. The van der Waals surface area contributed by atoms with Gasteiger partial charge in [-0.2, -0.15) is 29.0 Å². The van der Waals surface area contributed by atoms with Gasteiger partial charge >= 0.3 is 6.18 Å². The molecule has 0 spiro atoms. The van der Waals surface area contributed by atoms with Crippen LogP contribution < -0.4 is 5.73 Å². The van der Waals surface area contributed by atoms with Gasteiger partial charge in [0.05, 0.1) is 35.4 Å². The number of hydrogen-bond acceptors (Lipinski definition) is 5. The first-order valence-corrected chi connectivity index (χ1v) is 9.05. The van der Waals surface area contributed by atoms with E-state index in [1.807, 2.05) is 30.0 Å². The molecule has 1 aromatic carbocycles. The summed E-state index contributed by atoms with van der Waals surface area (Å²) < 4.78 is 41.4. The van der Waals surface area contributed by atoms with Crippen molar-refractivity contribution in [1.82, 2.24) is 4.90 Å². The zero-order valence-electron chi connectivity index (χ0n) is 15.6. The summed E-state index contributed by atoms with van der Waals surface area (Å²) in [4.78, 5) is 1.88. The average Bonchev–Trinajstić information content (AvgIpc) is 2.72. The fourth-order valence-electron chi connectivity index (χ4n) is 4.37. The topological polar surface area (TPSA) is 101 Å². The molecule has 0 radical (unpaired) electrons. The molecule has 1 aliphatic carbocycles. The predicted molar refractivity (Wildman–Crippen MR) is 98.3 cm³/mol. The van der Waals surface area contributed by atoms with E-state index in [0.29, 0.717) is 12.1 Å². The van der Waals surface area contributed by atoms with Crippen molar-refractivity contribution in [3.63, 3.8) is 0 Å². The van der Waals surface area contributed by atoms with Gasteiger partial charge in [-0.3, -0.25) is 0 Å². The fourth-order valence-corrected chi connectivity index (χ4v) is 4.37. The van der Waals surface area contributed by atoms with Gasteiger partial charge in [0.1, 0.15) is 0 Å². The van der Waals surface area contributed by atoms with Gasteiger partial charge < -0.3 is 10.6 Å². The normalized spacial score (nSPS) is 25.6. The van der Waals surface area contributed by atoms with Crippen LogP contribution in [0.15, 0.2) is 47.7 Å². The summed E-state index contributed by atoms with van der Waals surface area (Å²) in [6.07, 6.45) is -1.24. The van der Waals surface area contributed by atoms with Crippen molar-refractivity contribution in [3.8, 4) is 18.2 Å². The number of alkyl halides is 3. The summed E-state index contributed by atoms with van der Waals surface area (Å²) in [7, 11) is 0. The quantitative estimate of drug-likeness (QED) is 0.824. The molecule has 0 aromatic heterocycles. The number of benzene rings is 1. The molecule has 5 nitrogen and oxygen atoms in total. The van der Waals surface area contributed by atoms with E-state index < -0.39 is 35.0 Å². The number of rotatable bonds is 2. The van der Waals surface area contributed by atoms with E-state index in [4.69, 9.17) is 5.73 Å². The van der Waals surface area contributed by atoms with E-state index in [2.05, 4.69) is 0 Å². The van der Waals surface area contributed by atoms with E-state index in [1.54, 1.807) is 12.3 Å². The number of nitrogens with two attached hydrogens (primary N) is 1. The van der Waals surface area contributed by atoms with Crippen LogP contribution >= 0.6 is 0 Å². The van der Waals surface area contributed by atoms with Gasteiger partial charge in [-0.15, -0.1) is 0 Å². The molecule has 0 saturated carbocycles. The Bertz CT molecular complexity index is 989. The first kappa shape index (κ1) is 20.5. The molecule has 2 N–H and O–H groups in total. The van der Waals surface area contributed by atoms with Crippen LogP contribution in [0.4, 0.5) is 13.2 Å². The third-order valence-corrected chi connectivity index (χ3v) is 5.80. The predicted octanol–water partition coefficient (Wildman–Crippen LogP) is 3.45. The average molecular weight is 397 g/mol. The Morgan fingerprint density at radius 2 is 1.86 bits per heavy atom. The smallest absolute Gasteiger partial charge is 0.377 e. The number of allylic oxidation sites excluding steroid dienone is 1. The van der Waals surface area contributed by atoms with Crippen molar-refractivity contribution in [1.29, 1.82) is 15.8 Å². The van der Waals surface area contributed by atoms with Crippen molar-refractivity contribution >= 4 is 0 Å². The van der Waals surface area contributed by atoms with E-state index >= 15 is 0 Å². The zero-order chi connectivity index (χ0) is 21.4. The lowest BCUT2D eigenvalue weighted by atomic mass is 9.55. The molecule has 2 aliphatic rings.